The average Bonchev–Trinajstić information content (AvgIpc) is 2.76. The maximum atomic E-state index is 13.4. The van der Waals surface area contributed by atoms with Gasteiger partial charge in [-0.15, -0.1) is 0 Å². The Morgan fingerprint density at radius 1 is 1.00 bits per heavy atom. The summed E-state index contributed by atoms with van der Waals surface area (Å²) in [5.41, 5.74) is -1.06. The molecule has 1 saturated carbocycles. The summed E-state index contributed by atoms with van der Waals surface area (Å²) in [6.45, 7) is 7.47. The monoisotopic (exact) mass is 438 g/mol. The zero-order valence-electron chi connectivity index (χ0n) is 19.1. The highest BCUT2D eigenvalue weighted by molar-refractivity contribution is 6.38. The molecule has 0 aromatic carbocycles. The van der Waals surface area contributed by atoms with E-state index in [9.17, 15) is 19.2 Å². The van der Waals surface area contributed by atoms with E-state index in [1.165, 1.54) is 0 Å². The van der Waals surface area contributed by atoms with E-state index in [0.717, 1.165) is 25.7 Å². The Morgan fingerprint density at radius 3 is 2.23 bits per heavy atom. The SMILES string of the molecule is CCCCC(NC(=O)C1(NC(=O)N2CCOCC2)CCCCC1)C(=O)C(=O)NC(C)C. The molecule has 9 nitrogen and oxygen atoms in total. The fraction of sp³-hybridized carbons (Fsp3) is 0.818. The maximum absolute atomic E-state index is 13.4. The number of ether oxygens (including phenoxy) is 1. The van der Waals surface area contributed by atoms with Gasteiger partial charge in [0.25, 0.3) is 5.91 Å². The molecule has 1 heterocycles. The second-order valence-electron chi connectivity index (χ2n) is 8.83. The number of rotatable bonds is 9. The number of nitrogens with one attached hydrogen (secondary N) is 3. The van der Waals surface area contributed by atoms with E-state index in [-0.39, 0.29) is 18.0 Å². The van der Waals surface area contributed by atoms with Gasteiger partial charge in [0.1, 0.15) is 5.54 Å². The second-order valence-corrected chi connectivity index (χ2v) is 8.83. The van der Waals surface area contributed by atoms with Crippen molar-refractivity contribution in [3.8, 4) is 0 Å². The van der Waals surface area contributed by atoms with Crippen LogP contribution in [0.2, 0.25) is 0 Å². The van der Waals surface area contributed by atoms with Crippen LogP contribution in [0.15, 0.2) is 0 Å². The van der Waals surface area contributed by atoms with Crippen LogP contribution < -0.4 is 16.0 Å². The smallest absolute Gasteiger partial charge is 0.318 e. The van der Waals surface area contributed by atoms with Gasteiger partial charge in [-0.2, -0.15) is 0 Å². The lowest BCUT2D eigenvalue weighted by atomic mass is 9.80. The Hall–Kier alpha value is -2.16. The van der Waals surface area contributed by atoms with E-state index in [4.69, 9.17) is 4.74 Å². The molecule has 0 bridgehead atoms. The largest absolute Gasteiger partial charge is 0.378 e. The van der Waals surface area contributed by atoms with Crippen LogP contribution >= 0.6 is 0 Å². The molecule has 176 valence electrons. The molecule has 2 rings (SSSR count). The van der Waals surface area contributed by atoms with Gasteiger partial charge in [-0.3, -0.25) is 14.4 Å². The van der Waals surface area contributed by atoms with Crippen LogP contribution in [0.5, 0.6) is 0 Å². The summed E-state index contributed by atoms with van der Waals surface area (Å²) in [5.74, 6) is -1.70. The number of hydrogen-bond acceptors (Lipinski definition) is 5. The van der Waals surface area contributed by atoms with Crippen LogP contribution in [0.1, 0.15) is 72.1 Å². The lowest BCUT2D eigenvalue weighted by Gasteiger charge is -2.39. The first-order chi connectivity index (χ1) is 14.8. The lowest BCUT2D eigenvalue weighted by molar-refractivity contribution is -0.141. The first-order valence-electron chi connectivity index (χ1n) is 11.6. The molecular weight excluding hydrogens is 400 g/mol. The Bertz CT molecular complexity index is 640. The third-order valence-corrected chi connectivity index (χ3v) is 5.90. The molecule has 0 aromatic rings. The molecule has 1 unspecified atom stereocenters. The Kier molecular flexibility index (Phi) is 9.74. The summed E-state index contributed by atoms with van der Waals surface area (Å²) in [6, 6.07) is -1.35. The predicted molar refractivity (Wildman–Crippen MR) is 116 cm³/mol. The van der Waals surface area contributed by atoms with E-state index in [2.05, 4.69) is 16.0 Å². The summed E-state index contributed by atoms with van der Waals surface area (Å²) in [7, 11) is 0. The van der Waals surface area contributed by atoms with Crippen LogP contribution in [-0.2, 0) is 19.1 Å². The van der Waals surface area contributed by atoms with Crippen LogP contribution in [-0.4, -0.2) is 72.5 Å². The molecule has 31 heavy (non-hydrogen) atoms. The van der Waals surface area contributed by atoms with Crippen molar-refractivity contribution in [1.82, 2.24) is 20.9 Å². The molecule has 1 aliphatic carbocycles. The van der Waals surface area contributed by atoms with Crippen molar-refractivity contribution in [3.05, 3.63) is 0 Å². The number of unbranched alkanes of at least 4 members (excludes halogenated alkanes) is 1. The number of carbonyl (C=O) groups excluding carboxylic acids is 4. The number of nitrogens with zero attached hydrogens (tertiary/aromatic N) is 1. The van der Waals surface area contributed by atoms with Crippen molar-refractivity contribution in [1.29, 1.82) is 0 Å². The molecule has 9 heteroatoms. The van der Waals surface area contributed by atoms with Crippen LogP contribution in [0.3, 0.4) is 0 Å². The molecule has 2 aliphatic rings. The zero-order valence-corrected chi connectivity index (χ0v) is 19.1. The fourth-order valence-electron chi connectivity index (χ4n) is 4.08. The summed E-state index contributed by atoms with van der Waals surface area (Å²) >= 11 is 0. The van der Waals surface area contributed by atoms with Crippen LogP contribution in [0.4, 0.5) is 4.79 Å². The first kappa shape index (κ1) is 25.1. The lowest BCUT2D eigenvalue weighted by Crippen LogP contribution is -2.64. The maximum Gasteiger partial charge on any atom is 0.318 e. The Labute approximate surface area is 185 Å². The highest BCUT2D eigenvalue weighted by atomic mass is 16.5. The van der Waals surface area contributed by atoms with Crippen molar-refractivity contribution in [3.63, 3.8) is 0 Å². The van der Waals surface area contributed by atoms with Crippen molar-refractivity contribution in [2.45, 2.75) is 89.8 Å². The molecular formula is C22H38N4O5. The van der Waals surface area contributed by atoms with Gasteiger partial charge in [0.2, 0.25) is 11.7 Å². The zero-order chi connectivity index (χ0) is 22.9. The van der Waals surface area contributed by atoms with Crippen LogP contribution in [0.25, 0.3) is 0 Å². The van der Waals surface area contributed by atoms with Gasteiger partial charge < -0.3 is 25.6 Å². The van der Waals surface area contributed by atoms with Crippen molar-refractivity contribution >= 4 is 23.6 Å². The number of urea groups is 1. The summed E-state index contributed by atoms with van der Waals surface area (Å²) in [6.07, 6.45) is 5.60. The first-order valence-corrected chi connectivity index (χ1v) is 11.6. The quantitative estimate of drug-likeness (QED) is 0.472. The molecule has 0 radical (unpaired) electrons. The molecule has 1 saturated heterocycles. The van der Waals surface area contributed by atoms with Gasteiger partial charge in [-0.25, -0.2) is 4.79 Å². The molecule has 4 amide bonds. The minimum atomic E-state index is -1.06. The van der Waals surface area contributed by atoms with Crippen molar-refractivity contribution in [2.75, 3.05) is 26.3 Å². The van der Waals surface area contributed by atoms with E-state index >= 15 is 0 Å². The van der Waals surface area contributed by atoms with E-state index in [0.29, 0.717) is 52.0 Å². The number of carbonyl (C=O) groups is 4. The highest BCUT2D eigenvalue weighted by Crippen LogP contribution is 2.29. The van der Waals surface area contributed by atoms with E-state index in [1.807, 2.05) is 6.92 Å². The van der Waals surface area contributed by atoms with E-state index in [1.54, 1.807) is 18.7 Å². The minimum Gasteiger partial charge on any atom is -0.378 e. The molecule has 1 aliphatic heterocycles. The highest BCUT2D eigenvalue weighted by Gasteiger charge is 2.43. The summed E-state index contributed by atoms with van der Waals surface area (Å²) in [5, 5.41) is 8.40. The van der Waals surface area contributed by atoms with Gasteiger partial charge in [0.15, 0.2) is 0 Å². The molecule has 1 atom stereocenters. The number of ketones is 1. The molecule has 0 spiro atoms. The van der Waals surface area contributed by atoms with Crippen LogP contribution in [0, 0.1) is 0 Å². The average molecular weight is 439 g/mol. The minimum absolute atomic E-state index is 0.170. The predicted octanol–water partition coefficient (Wildman–Crippen LogP) is 1.50. The number of amides is 4. The fourth-order valence-corrected chi connectivity index (χ4v) is 4.08. The molecule has 0 aromatic heterocycles. The standard InChI is InChI=1S/C22H38N4O5/c1-4-5-9-17(18(27)19(28)23-16(2)3)24-20(29)22(10-7-6-8-11-22)25-21(30)26-12-14-31-15-13-26/h16-17H,4-15H2,1-3H3,(H,23,28)(H,24,29)(H,25,30). The van der Waals surface area contributed by atoms with Crippen molar-refractivity contribution < 1.29 is 23.9 Å². The normalized spacial score (nSPS) is 19.4. The summed E-state index contributed by atoms with van der Waals surface area (Å²) < 4.78 is 5.30. The van der Waals surface area contributed by atoms with Gasteiger partial charge in [0, 0.05) is 19.1 Å². The summed E-state index contributed by atoms with van der Waals surface area (Å²) in [4.78, 5) is 52.9. The molecule has 2 fully saturated rings. The Balaban J connectivity index is 2.14. The number of morpholine rings is 1. The molecule has 3 N–H and O–H groups in total. The van der Waals surface area contributed by atoms with Gasteiger partial charge in [-0.1, -0.05) is 39.0 Å². The number of hydrogen-bond donors (Lipinski definition) is 3. The second kappa shape index (κ2) is 12.0. The van der Waals surface area contributed by atoms with Crippen molar-refractivity contribution in [2.24, 2.45) is 0 Å². The van der Waals surface area contributed by atoms with E-state index < -0.39 is 23.3 Å². The number of Topliss-reactive ketones (excluding diaryl/α,β-unsaturated/α-hetero) is 1. The van der Waals surface area contributed by atoms with Gasteiger partial charge in [0.05, 0.1) is 19.3 Å². The van der Waals surface area contributed by atoms with Gasteiger partial charge in [-0.05, 0) is 33.1 Å². The third kappa shape index (κ3) is 7.19. The van der Waals surface area contributed by atoms with Gasteiger partial charge >= 0.3 is 6.03 Å². The third-order valence-electron chi connectivity index (χ3n) is 5.90. The topological polar surface area (TPSA) is 117 Å². The Morgan fingerprint density at radius 2 is 1.65 bits per heavy atom.